The fourth-order valence-electron chi connectivity index (χ4n) is 3.00. The highest BCUT2D eigenvalue weighted by Gasteiger charge is 2.29. The maximum absolute atomic E-state index is 12.7. The Morgan fingerprint density at radius 1 is 1.08 bits per heavy atom. The van der Waals surface area contributed by atoms with Gasteiger partial charge in [-0.25, -0.2) is 4.79 Å². The Balaban J connectivity index is 1.96. The van der Waals surface area contributed by atoms with Crippen molar-refractivity contribution < 1.29 is 23.1 Å². The molecule has 0 saturated heterocycles. The summed E-state index contributed by atoms with van der Waals surface area (Å²) in [6.45, 7) is 2.66. The van der Waals surface area contributed by atoms with Crippen molar-refractivity contribution in [2.45, 2.75) is 26.1 Å². The molecule has 0 saturated carbocycles. The van der Waals surface area contributed by atoms with E-state index < -0.39 is 17.7 Å². The molecule has 0 aliphatic heterocycles. The fraction of sp³-hybridized carbons (Fsp3) is 0.211. The van der Waals surface area contributed by atoms with Crippen LogP contribution in [0.1, 0.15) is 34.1 Å². The number of benzene rings is 2. The van der Waals surface area contributed by atoms with E-state index in [1.165, 1.54) is 12.1 Å². The van der Waals surface area contributed by atoms with Gasteiger partial charge in [-0.05, 0) is 48.9 Å². The van der Waals surface area contributed by atoms with Gasteiger partial charge in [0.2, 0.25) is 0 Å². The summed E-state index contributed by atoms with van der Waals surface area (Å²) >= 11 is 0. The van der Waals surface area contributed by atoms with Crippen LogP contribution in [0.2, 0.25) is 0 Å². The summed E-state index contributed by atoms with van der Waals surface area (Å²) in [6.07, 6.45) is -3.87. The maximum Gasteiger partial charge on any atom is 0.416 e. The molecule has 0 aliphatic rings. The SMILES string of the molecule is CCn1c(Cc2ccc(C(F)(F)F)cc2)cc2cc(C(=O)O)ccc21. The Morgan fingerprint density at radius 2 is 1.76 bits per heavy atom. The Bertz CT molecular complexity index is 924. The molecule has 3 rings (SSSR count). The summed E-state index contributed by atoms with van der Waals surface area (Å²) in [5.41, 5.74) is 2.15. The van der Waals surface area contributed by atoms with E-state index >= 15 is 0 Å². The monoisotopic (exact) mass is 347 g/mol. The molecule has 0 atom stereocenters. The molecule has 25 heavy (non-hydrogen) atoms. The second-order valence-electron chi connectivity index (χ2n) is 5.83. The van der Waals surface area contributed by atoms with E-state index in [1.807, 2.05) is 17.6 Å². The first kappa shape index (κ1) is 17.1. The summed E-state index contributed by atoms with van der Waals surface area (Å²) in [5.74, 6) is -0.990. The van der Waals surface area contributed by atoms with Crippen molar-refractivity contribution in [1.82, 2.24) is 4.57 Å². The Labute approximate surface area is 142 Å². The Kier molecular flexibility index (Phi) is 4.29. The van der Waals surface area contributed by atoms with Crippen LogP contribution in [-0.4, -0.2) is 15.6 Å². The molecular weight excluding hydrogens is 331 g/mol. The molecular formula is C19H16F3NO2. The van der Waals surface area contributed by atoms with E-state index in [2.05, 4.69) is 0 Å². The van der Waals surface area contributed by atoms with Crippen LogP contribution in [0.5, 0.6) is 0 Å². The zero-order chi connectivity index (χ0) is 18.2. The molecule has 2 aromatic carbocycles. The third-order valence-electron chi connectivity index (χ3n) is 4.22. The van der Waals surface area contributed by atoms with Crippen molar-refractivity contribution in [3.05, 3.63) is 70.9 Å². The topological polar surface area (TPSA) is 42.2 Å². The van der Waals surface area contributed by atoms with Crippen molar-refractivity contribution in [2.24, 2.45) is 0 Å². The number of halogens is 3. The quantitative estimate of drug-likeness (QED) is 0.724. The van der Waals surface area contributed by atoms with Gasteiger partial charge in [0, 0.05) is 29.6 Å². The van der Waals surface area contributed by atoms with Gasteiger partial charge in [-0.3, -0.25) is 0 Å². The van der Waals surface area contributed by atoms with E-state index in [1.54, 1.807) is 18.2 Å². The van der Waals surface area contributed by atoms with Gasteiger partial charge in [0.05, 0.1) is 11.1 Å². The van der Waals surface area contributed by atoms with Gasteiger partial charge in [-0.2, -0.15) is 13.2 Å². The molecule has 3 nitrogen and oxygen atoms in total. The van der Waals surface area contributed by atoms with Crippen molar-refractivity contribution >= 4 is 16.9 Å². The van der Waals surface area contributed by atoms with Crippen LogP contribution in [0.15, 0.2) is 48.5 Å². The molecule has 0 unspecified atom stereocenters. The molecule has 0 radical (unpaired) electrons. The lowest BCUT2D eigenvalue weighted by Crippen LogP contribution is -2.05. The van der Waals surface area contributed by atoms with E-state index in [0.29, 0.717) is 13.0 Å². The number of hydrogen-bond acceptors (Lipinski definition) is 1. The van der Waals surface area contributed by atoms with Crippen LogP contribution in [0.3, 0.4) is 0 Å². The number of aromatic carboxylic acids is 1. The first-order chi connectivity index (χ1) is 11.8. The largest absolute Gasteiger partial charge is 0.478 e. The summed E-state index contributed by atoms with van der Waals surface area (Å²) in [6, 6.07) is 11.9. The van der Waals surface area contributed by atoms with Gasteiger partial charge >= 0.3 is 12.1 Å². The summed E-state index contributed by atoms with van der Waals surface area (Å²) in [7, 11) is 0. The number of nitrogens with zero attached hydrogens (tertiary/aromatic N) is 1. The number of fused-ring (bicyclic) bond motifs is 1. The number of carbonyl (C=O) groups is 1. The molecule has 6 heteroatoms. The average Bonchev–Trinajstić information content (AvgIpc) is 2.90. The number of carboxylic acid groups (broad SMARTS) is 1. The van der Waals surface area contributed by atoms with E-state index in [0.717, 1.165) is 34.3 Å². The third kappa shape index (κ3) is 3.38. The van der Waals surface area contributed by atoms with Crippen LogP contribution in [0.4, 0.5) is 13.2 Å². The minimum Gasteiger partial charge on any atom is -0.478 e. The Morgan fingerprint density at radius 3 is 2.32 bits per heavy atom. The smallest absolute Gasteiger partial charge is 0.416 e. The van der Waals surface area contributed by atoms with Crippen LogP contribution < -0.4 is 0 Å². The minimum absolute atomic E-state index is 0.210. The van der Waals surface area contributed by atoms with Gasteiger partial charge in [-0.1, -0.05) is 12.1 Å². The van der Waals surface area contributed by atoms with Gasteiger partial charge < -0.3 is 9.67 Å². The van der Waals surface area contributed by atoms with E-state index in [4.69, 9.17) is 5.11 Å². The normalized spacial score (nSPS) is 11.8. The number of rotatable bonds is 4. The molecule has 0 fully saturated rings. The predicted octanol–water partition coefficient (Wildman–Crippen LogP) is 4.97. The molecule has 1 aromatic heterocycles. The summed E-state index contributed by atoms with van der Waals surface area (Å²) in [5, 5.41) is 9.91. The number of hydrogen-bond donors (Lipinski definition) is 1. The summed E-state index contributed by atoms with van der Waals surface area (Å²) < 4.78 is 40.0. The summed E-state index contributed by atoms with van der Waals surface area (Å²) in [4.78, 5) is 11.1. The molecule has 3 aromatic rings. The molecule has 130 valence electrons. The van der Waals surface area contributed by atoms with Crippen LogP contribution in [0.25, 0.3) is 10.9 Å². The third-order valence-corrected chi connectivity index (χ3v) is 4.22. The molecule has 0 amide bonds. The second-order valence-corrected chi connectivity index (χ2v) is 5.83. The van der Waals surface area contributed by atoms with Gasteiger partial charge in [0.1, 0.15) is 0 Å². The lowest BCUT2D eigenvalue weighted by atomic mass is 10.1. The van der Waals surface area contributed by atoms with Gasteiger partial charge in [0.25, 0.3) is 0 Å². The first-order valence-corrected chi connectivity index (χ1v) is 7.81. The first-order valence-electron chi connectivity index (χ1n) is 7.81. The van der Waals surface area contributed by atoms with Crippen molar-refractivity contribution in [2.75, 3.05) is 0 Å². The van der Waals surface area contributed by atoms with E-state index in [-0.39, 0.29) is 5.56 Å². The lowest BCUT2D eigenvalue weighted by molar-refractivity contribution is -0.137. The fourth-order valence-corrected chi connectivity index (χ4v) is 3.00. The maximum atomic E-state index is 12.7. The van der Waals surface area contributed by atoms with Gasteiger partial charge in [0.15, 0.2) is 0 Å². The van der Waals surface area contributed by atoms with Crippen molar-refractivity contribution in [1.29, 1.82) is 0 Å². The average molecular weight is 347 g/mol. The number of alkyl halides is 3. The van der Waals surface area contributed by atoms with Crippen molar-refractivity contribution in [3.63, 3.8) is 0 Å². The Hall–Kier alpha value is -2.76. The van der Waals surface area contributed by atoms with Crippen LogP contribution in [0, 0.1) is 0 Å². The highest BCUT2D eigenvalue weighted by atomic mass is 19.4. The highest BCUT2D eigenvalue weighted by molar-refractivity contribution is 5.94. The lowest BCUT2D eigenvalue weighted by Gasteiger charge is -2.10. The molecule has 1 heterocycles. The number of aryl methyl sites for hydroxylation is 1. The van der Waals surface area contributed by atoms with Crippen LogP contribution in [-0.2, 0) is 19.1 Å². The predicted molar refractivity (Wildman–Crippen MR) is 88.8 cm³/mol. The van der Waals surface area contributed by atoms with Crippen molar-refractivity contribution in [3.8, 4) is 0 Å². The van der Waals surface area contributed by atoms with Gasteiger partial charge in [-0.15, -0.1) is 0 Å². The zero-order valence-corrected chi connectivity index (χ0v) is 13.5. The standard InChI is InChI=1S/C19H16F3NO2/c1-2-23-16(9-12-3-6-15(7-4-12)19(20,21)22)11-14-10-13(18(24)25)5-8-17(14)23/h3-8,10-11H,2,9H2,1H3,(H,24,25). The highest BCUT2D eigenvalue weighted by Crippen LogP contribution is 2.30. The second kappa shape index (κ2) is 6.27. The molecule has 0 spiro atoms. The molecule has 1 N–H and O–H groups in total. The zero-order valence-electron chi connectivity index (χ0n) is 13.5. The molecule has 0 bridgehead atoms. The van der Waals surface area contributed by atoms with Crippen LogP contribution >= 0.6 is 0 Å². The molecule has 0 aliphatic carbocycles. The minimum atomic E-state index is -4.34. The number of aromatic nitrogens is 1. The number of carboxylic acids is 1. The van der Waals surface area contributed by atoms with E-state index in [9.17, 15) is 18.0 Å².